The normalized spacial score (nSPS) is 10.4. The fourth-order valence-electron chi connectivity index (χ4n) is 1.19. The van der Waals surface area contributed by atoms with Crippen molar-refractivity contribution in [2.75, 3.05) is 0 Å². The summed E-state index contributed by atoms with van der Waals surface area (Å²) >= 11 is 8.87. The molecule has 0 amide bonds. The van der Waals surface area contributed by atoms with Crippen LogP contribution in [-0.2, 0) is 11.8 Å². The number of alkyl halides is 3. The lowest BCUT2D eigenvalue weighted by Gasteiger charge is -2.10. The van der Waals surface area contributed by atoms with E-state index in [1.165, 1.54) is 0 Å². The van der Waals surface area contributed by atoms with Crippen LogP contribution in [0.5, 0.6) is 0 Å². The maximum absolute atomic E-state index is 12.6. The second-order valence-electron chi connectivity index (χ2n) is 2.72. The van der Waals surface area contributed by atoms with Crippen molar-refractivity contribution in [1.82, 2.24) is 4.98 Å². The molecule has 0 atom stereocenters. The number of hydrogen-bond acceptors (Lipinski definition) is 2. The van der Waals surface area contributed by atoms with Gasteiger partial charge in [-0.15, -0.1) is 0 Å². The van der Waals surface area contributed by atoms with Gasteiger partial charge in [0.1, 0.15) is 5.69 Å². The monoisotopic (exact) mass is 294 g/mol. The Morgan fingerprint density at radius 1 is 1.53 bits per heavy atom. The summed E-state index contributed by atoms with van der Waals surface area (Å²) in [5.74, 6) is 0. The fourth-order valence-corrected chi connectivity index (χ4v) is 2.04. The lowest BCUT2D eigenvalue weighted by atomic mass is 10.1. The molecule has 0 bridgehead atoms. The third kappa shape index (κ3) is 2.64. The number of aromatic nitrogens is 1. The molecule has 0 aliphatic rings. The van der Waals surface area contributed by atoms with Crippen LogP contribution in [0, 0.1) is 11.3 Å². The summed E-state index contributed by atoms with van der Waals surface area (Å²) in [6.45, 7) is 0. The van der Waals surface area contributed by atoms with E-state index in [4.69, 9.17) is 16.9 Å². The van der Waals surface area contributed by atoms with Crippen molar-refractivity contribution in [2.24, 2.45) is 0 Å². The predicted molar refractivity (Wildman–Crippen MR) is 56.2 cm³/mol. The van der Waals surface area contributed by atoms with Gasteiger partial charge in [-0.3, -0.25) is 4.98 Å². The van der Waals surface area contributed by atoms with Gasteiger partial charge in [0.25, 0.3) is 6.43 Å². The first kappa shape index (κ1) is 12.3. The average Bonchev–Trinajstić information content (AvgIpc) is 2.20. The minimum Gasteiger partial charge on any atom is -0.253 e. The minimum atomic E-state index is -2.66. The van der Waals surface area contributed by atoms with E-state index in [9.17, 15) is 8.78 Å². The van der Waals surface area contributed by atoms with Crippen molar-refractivity contribution < 1.29 is 8.78 Å². The van der Waals surface area contributed by atoms with Gasteiger partial charge in [-0.25, -0.2) is 8.78 Å². The summed E-state index contributed by atoms with van der Waals surface area (Å²) < 4.78 is 25.1. The molecule has 0 saturated heterocycles. The summed E-state index contributed by atoms with van der Waals surface area (Å²) in [4.78, 5) is 3.57. The quantitative estimate of drug-likeness (QED) is 0.798. The molecule has 0 N–H and O–H groups in total. The number of hydrogen-bond donors (Lipinski definition) is 0. The highest BCUT2D eigenvalue weighted by Gasteiger charge is 2.19. The molecule has 1 aromatic rings. The Balaban J connectivity index is 3.34. The lowest BCUT2D eigenvalue weighted by Crippen LogP contribution is -2.02. The largest absolute Gasteiger partial charge is 0.280 e. The van der Waals surface area contributed by atoms with Gasteiger partial charge in [-0.05, 0) is 11.1 Å². The molecule has 0 fully saturated rings. The molecule has 6 heteroatoms. The van der Waals surface area contributed by atoms with Gasteiger partial charge in [0.05, 0.1) is 17.5 Å². The average molecular weight is 296 g/mol. The lowest BCUT2D eigenvalue weighted by molar-refractivity contribution is 0.145. The third-order valence-electron chi connectivity index (χ3n) is 1.87. The van der Waals surface area contributed by atoms with Crippen LogP contribution in [0.1, 0.15) is 23.2 Å². The molecule has 1 rings (SSSR count). The van der Waals surface area contributed by atoms with Gasteiger partial charge >= 0.3 is 0 Å². The summed E-state index contributed by atoms with van der Waals surface area (Å²) in [5.41, 5.74) is 0.405. The number of halogens is 4. The summed E-state index contributed by atoms with van der Waals surface area (Å²) in [5, 5.41) is 9.01. The highest BCUT2D eigenvalue weighted by Crippen LogP contribution is 2.29. The zero-order valence-corrected chi connectivity index (χ0v) is 9.82. The number of nitriles is 1. The Hall–Kier alpha value is -0.730. The van der Waals surface area contributed by atoms with Crippen molar-refractivity contribution >= 4 is 27.5 Å². The van der Waals surface area contributed by atoms with E-state index in [0.717, 1.165) is 6.20 Å². The number of nitrogens with zero attached hydrogens (tertiary/aromatic N) is 2. The van der Waals surface area contributed by atoms with Gasteiger partial charge in [0.2, 0.25) is 0 Å². The van der Waals surface area contributed by atoms with Crippen LogP contribution in [0.25, 0.3) is 0 Å². The molecule has 0 unspecified atom stereocenters. The SMILES string of the molecule is N#CCc1c(Cl)cnc(C(F)F)c1CBr. The number of rotatable bonds is 3. The third-order valence-corrected chi connectivity index (χ3v) is 2.76. The van der Waals surface area contributed by atoms with E-state index in [1.54, 1.807) is 0 Å². The second kappa shape index (κ2) is 5.38. The van der Waals surface area contributed by atoms with Crippen LogP contribution in [0.3, 0.4) is 0 Å². The van der Waals surface area contributed by atoms with Gasteiger partial charge in [-0.1, -0.05) is 27.5 Å². The molecule has 15 heavy (non-hydrogen) atoms. The summed E-state index contributed by atoms with van der Waals surface area (Å²) in [6.07, 6.45) is -1.50. The second-order valence-corrected chi connectivity index (χ2v) is 3.69. The molecule has 0 spiro atoms. The molecule has 1 aromatic heterocycles. The van der Waals surface area contributed by atoms with Crippen LogP contribution in [0.4, 0.5) is 8.78 Å². The molecular weight excluding hydrogens is 289 g/mol. The Morgan fingerprint density at radius 3 is 2.67 bits per heavy atom. The van der Waals surface area contributed by atoms with Crippen molar-refractivity contribution in [3.05, 3.63) is 28.0 Å². The summed E-state index contributed by atoms with van der Waals surface area (Å²) in [6, 6.07) is 1.89. The van der Waals surface area contributed by atoms with E-state index >= 15 is 0 Å². The molecule has 0 radical (unpaired) electrons. The first-order valence-electron chi connectivity index (χ1n) is 3.99. The van der Waals surface area contributed by atoms with E-state index in [-0.39, 0.29) is 22.5 Å². The Kier molecular flexibility index (Phi) is 4.43. The van der Waals surface area contributed by atoms with Crippen LogP contribution in [-0.4, -0.2) is 4.98 Å². The Labute approximate surface area is 99.0 Å². The van der Waals surface area contributed by atoms with Gasteiger partial charge in [0.15, 0.2) is 0 Å². The topological polar surface area (TPSA) is 36.7 Å². The predicted octanol–water partition coefficient (Wildman–Crippen LogP) is 3.63. The standard InChI is InChI=1S/C9H6BrClF2N2/c10-3-6-5(1-2-14)7(11)4-15-8(6)9(12)13/h4,9H,1,3H2. The van der Waals surface area contributed by atoms with E-state index in [0.29, 0.717) is 11.1 Å². The first-order chi connectivity index (χ1) is 7.11. The molecule has 0 saturated carbocycles. The zero-order chi connectivity index (χ0) is 11.4. The van der Waals surface area contributed by atoms with Crippen molar-refractivity contribution in [2.45, 2.75) is 18.2 Å². The minimum absolute atomic E-state index is 0.00199. The maximum Gasteiger partial charge on any atom is 0.280 e. The molecule has 0 aliphatic carbocycles. The smallest absolute Gasteiger partial charge is 0.253 e. The van der Waals surface area contributed by atoms with Gasteiger partial charge < -0.3 is 0 Å². The zero-order valence-electron chi connectivity index (χ0n) is 7.48. The van der Waals surface area contributed by atoms with Gasteiger partial charge in [0, 0.05) is 11.5 Å². The van der Waals surface area contributed by atoms with E-state index < -0.39 is 6.43 Å². The van der Waals surface area contributed by atoms with Crippen molar-refractivity contribution in [1.29, 1.82) is 5.26 Å². The van der Waals surface area contributed by atoms with Crippen LogP contribution in [0.15, 0.2) is 6.20 Å². The summed E-state index contributed by atoms with van der Waals surface area (Å²) in [7, 11) is 0. The van der Waals surface area contributed by atoms with E-state index in [2.05, 4.69) is 20.9 Å². The number of pyridine rings is 1. The van der Waals surface area contributed by atoms with Crippen molar-refractivity contribution in [3.8, 4) is 6.07 Å². The molecule has 2 nitrogen and oxygen atoms in total. The van der Waals surface area contributed by atoms with Crippen LogP contribution in [0.2, 0.25) is 5.02 Å². The van der Waals surface area contributed by atoms with Crippen molar-refractivity contribution in [3.63, 3.8) is 0 Å². The molecule has 0 aliphatic heterocycles. The van der Waals surface area contributed by atoms with Crippen LogP contribution < -0.4 is 0 Å². The molecule has 0 aromatic carbocycles. The first-order valence-corrected chi connectivity index (χ1v) is 5.49. The highest BCUT2D eigenvalue weighted by atomic mass is 79.9. The Morgan fingerprint density at radius 2 is 2.20 bits per heavy atom. The Bertz CT molecular complexity index is 404. The molecule has 1 heterocycles. The fraction of sp³-hybridized carbons (Fsp3) is 0.333. The van der Waals surface area contributed by atoms with Crippen LogP contribution >= 0.6 is 27.5 Å². The van der Waals surface area contributed by atoms with Gasteiger partial charge in [-0.2, -0.15) is 5.26 Å². The maximum atomic E-state index is 12.6. The highest BCUT2D eigenvalue weighted by molar-refractivity contribution is 9.08. The van der Waals surface area contributed by atoms with E-state index in [1.807, 2.05) is 6.07 Å². The molecule has 80 valence electrons. The molecular formula is C9H6BrClF2N2.